The van der Waals surface area contributed by atoms with E-state index in [0.29, 0.717) is 37.9 Å². The first kappa shape index (κ1) is 23.7. The number of amides is 2. The summed E-state index contributed by atoms with van der Waals surface area (Å²) in [7, 11) is 0. The van der Waals surface area contributed by atoms with Crippen LogP contribution in [0.15, 0.2) is 36.4 Å². The summed E-state index contributed by atoms with van der Waals surface area (Å²) >= 11 is 0. The molecule has 0 unspecified atom stereocenters. The van der Waals surface area contributed by atoms with Crippen molar-refractivity contribution in [1.82, 2.24) is 0 Å². The van der Waals surface area contributed by atoms with Crippen LogP contribution in [0.5, 0.6) is 11.5 Å². The van der Waals surface area contributed by atoms with Gasteiger partial charge in [0.2, 0.25) is 11.8 Å². The van der Waals surface area contributed by atoms with Gasteiger partial charge in [0.05, 0.1) is 23.0 Å². The minimum atomic E-state index is -0.153. The van der Waals surface area contributed by atoms with E-state index in [1.165, 1.54) is 11.1 Å². The van der Waals surface area contributed by atoms with Gasteiger partial charge in [-0.1, -0.05) is 39.8 Å². The van der Waals surface area contributed by atoms with Gasteiger partial charge in [0.15, 0.2) is 0 Å². The summed E-state index contributed by atoms with van der Waals surface area (Å²) in [5, 5.41) is 0. The molecular formula is C29H36N2O4. The number of nitrogens with zero attached hydrogens (tertiary/aromatic N) is 2. The summed E-state index contributed by atoms with van der Waals surface area (Å²) in [6.07, 6.45) is 3.09. The van der Waals surface area contributed by atoms with Crippen molar-refractivity contribution in [2.75, 3.05) is 23.0 Å². The molecule has 2 aromatic rings. The molecule has 0 spiro atoms. The van der Waals surface area contributed by atoms with Crippen molar-refractivity contribution in [3.05, 3.63) is 47.5 Å². The molecule has 0 aliphatic carbocycles. The second kappa shape index (κ2) is 8.89. The predicted molar refractivity (Wildman–Crippen MR) is 138 cm³/mol. The van der Waals surface area contributed by atoms with Gasteiger partial charge in [-0.25, -0.2) is 0 Å². The van der Waals surface area contributed by atoms with Crippen LogP contribution >= 0.6 is 0 Å². The Balaban J connectivity index is 0.000000145. The highest BCUT2D eigenvalue weighted by Crippen LogP contribution is 2.45. The Labute approximate surface area is 208 Å². The van der Waals surface area contributed by atoms with Crippen molar-refractivity contribution < 1.29 is 19.1 Å². The number of carbonyl (C=O) groups excluding carboxylic acids is 2. The van der Waals surface area contributed by atoms with E-state index in [0.717, 1.165) is 35.7 Å². The quantitative estimate of drug-likeness (QED) is 0.551. The molecule has 0 N–H and O–H groups in total. The number of carbonyl (C=O) groups is 2. The average Bonchev–Trinajstić information content (AvgIpc) is 3.38. The highest BCUT2D eigenvalue weighted by Gasteiger charge is 2.47. The lowest BCUT2D eigenvalue weighted by Gasteiger charge is -2.40. The predicted octanol–water partition coefficient (Wildman–Crippen LogP) is 5.79. The Morgan fingerprint density at radius 1 is 0.857 bits per heavy atom. The van der Waals surface area contributed by atoms with E-state index < -0.39 is 0 Å². The zero-order valence-electron chi connectivity index (χ0n) is 21.5. The smallest absolute Gasteiger partial charge is 0.227 e. The van der Waals surface area contributed by atoms with Gasteiger partial charge >= 0.3 is 0 Å². The van der Waals surface area contributed by atoms with Gasteiger partial charge in [-0.15, -0.1) is 0 Å². The van der Waals surface area contributed by atoms with Crippen LogP contribution in [0, 0.1) is 0 Å². The molecule has 2 aromatic carbocycles. The number of rotatable bonds is 2. The van der Waals surface area contributed by atoms with Crippen LogP contribution in [0.25, 0.3) is 0 Å². The van der Waals surface area contributed by atoms with Crippen molar-refractivity contribution in [3.8, 4) is 11.5 Å². The van der Waals surface area contributed by atoms with Gasteiger partial charge in [0, 0.05) is 12.8 Å². The van der Waals surface area contributed by atoms with E-state index in [1.54, 1.807) is 0 Å². The number of anilines is 2. The maximum Gasteiger partial charge on any atom is 0.227 e. The van der Waals surface area contributed by atoms with Crippen LogP contribution in [-0.4, -0.2) is 36.6 Å². The standard InChI is InChI=1S/C15H19NO2.C14H17NO2/c1-10(2)11-4-5-13-12(8-11)16-14(17)6-7-15(16,3)9-18-13;1-9(2)10-3-5-13-12(7-10)15-11(8-17-13)4-6-14(15)16/h4-5,8,10H,6-7,9H2,1-3H3;3,5,7,9,11H,4,6,8H2,1-2H3/t15-;11-/m01/s1. The highest BCUT2D eigenvalue weighted by atomic mass is 16.5. The third-order valence-corrected chi connectivity index (χ3v) is 7.76. The third kappa shape index (κ3) is 4.17. The fourth-order valence-electron chi connectivity index (χ4n) is 5.51. The molecule has 6 nitrogen and oxygen atoms in total. The number of hydrogen-bond donors (Lipinski definition) is 0. The van der Waals surface area contributed by atoms with Gasteiger partial charge in [-0.05, 0) is 67.0 Å². The summed E-state index contributed by atoms with van der Waals surface area (Å²) < 4.78 is 11.6. The first-order valence-electron chi connectivity index (χ1n) is 12.9. The van der Waals surface area contributed by atoms with Crippen LogP contribution in [0.3, 0.4) is 0 Å². The van der Waals surface area contributed by atoms with Crippen LogP contribution in [0.1, 0.15) is 83.3 Å². The lowest BCUT2D eigenvalue weighted by atomic mass is 9.96. The Bertz CT molecular complexity index is 1160. The largest absolute Gasteiger partial charge is 0.489 e. The fourth-order valence-corrected chi connectivity index (χ4v) is 5.51. The summed E-state index contributed by atoms with van der Waals surface area (Å²) in [6.45, 7) is 12.0. The molecule has 6 rings (SSSR count). The molecule has 4 aliphatic heterocycles. The van der Waals surface area contributed by atoms with Crippen molar-refractivity contribution >= 4 is 23.2 Å². The normalized spacial score (nSPS) is 24.3. The van der Waals surface area contributed by atoms with E-state index in [1.807, 2.05) is 21.9 Å². The minimum Gasteiger partial charge on any atom is -0.489 e. The van der Waals surface area contributed by atoms with Gasteiger partial charge in [0.25, 0.3) is 0 Å². The molecule has 35 heavy (non-hydrogen) atoms. The van der Waals surface area contributed by atoms with Crippen molar-refractivity contribution in [1.29, 1.82) is 0 Å². The molecule has 0 aromatic heterocycles. The van der Waals surface area contributed by atoms with Crippen molar-refractivity contribution in [3.63, 3.8) is 0 Å². The first-order chi connectivity index (χ1) is 16.7. The zero-order chi connectivity index (χ0) is 24.9. The summed E-state index contributed by atoms with van der Waals surface area (Å²) in [5.41, 5.74) is 4.28. The molecule has 186 valence electrons. The lowest BCUT2D eigenvalue weighted by Crippen LogP contribution is -2.50. The van der Waals surface area contributed by atoms with E-state index in [9.17, 15) is 9.59 Å². The molecule has 2 amide bonds. The Morgan fingerprint density at radius 2 is 1.49 bits per heavy atom. The Hall–Kier alpha value is -3.02. The summed E-state index contributed by atoms with van der Waals surface area (Å²) in [5.74, 6) is 3.08. The fraction of sp³-hybridized carbons (Fsp3) is 0.517. The first-order valence-corrected chi connectivity index (χ1v) is 12.9. The zero-order valence-corrected chi connectivity index (χ0v) is 21.5. The molecule has 0 radical (unpaired) electrons. The second-order valence-corrected chi connectivity index (χ2v) is 11.0. The molecule has 2 saturated heterocycles. The van der Waals surface area contributed by atoms with E-state index >= 15 is 0 Å². The van der Waals surface area contributed by atoms with Gasteiger partial charge < -0.3 is 14.4 Å². The van der Waals surface area contributed by atoms with Crippen molar-refractivity contribution in [2.24, 2.45) is 0 Å². The summed E-state index contributed by atoms with van der Waals surface area (Å²) in [6, 6.07) is 12.6. The second-order valence-electron chi connectivity index (χ2n) is 11.0. The van der Waals surface area contributed by atoms with Crippen LogP contribution in [0.2, 0.25) is 0 Å². The molecule has 2 fully saturated rings. The molecular weight excluding hydrogens is 440 g/mol. The van der Waals surface area contributed by atoms with Crippen LogP contribution in [0.4, 0.5) is 11.4 Å². The molecule has 0 saturated carbocycles. The molecule has 2 atom stereocenters. The number of fused-ring (bicyclic) bond motifs is 6. The Kier molecular flexibility index (Phi) is 6.02. The highest BCUT2D eigenvalue weighted by molar-refractivity contribution is 5.99. The number of ether oxygens (including phenoxy) is 2. The van der Waals surface area contributed by atoms with Gasteiger partial charge in [-0.2, -0.15) is 0 Å². The maximum atomic E-state index is 12.1. The minimum absolute atomic E-state index is 0.153. The molecule has 4 heterocycles. The monoisotopic (exact) mass is 476 g/mol. The van der Waals surface area contributed by atoms with E-state index in [-0.39, 0.29) is 23.4 Å². The summed E-state index contributed by atoms with van der Waals surface area (Å²) in [4.78, 5) is 27.9. The van der Waals surface area contributed by atoms with Crippen LogP contribution in [-0.2, 0) is 9.59 Å². The van der Waals surface area contributed by atoms with Crippen LogP contribution < -0.4 is 19.3 Å². The molecule has 0 bridgehead atoms. The van der Waals surface area contributed by atoms with Crippen molar-refractivity contribution in [2.45, 2.75) is 83.7 Å². The molecule has 4 aliphatic rings. The topological polar surface area (TPSA) is 59.1 Å². The van der Waals surface area contributed by atoms with E-state index in [2.05, 4.69) is 58.9 Å². The SMILES string of the molecule is CC(C)c1ccc2c(c1)N1C(=O)CC[C@@H]1CO2.CC(C)c1ccc2c(c1)N1C(=O)CC[C@@]1(C)CO2. The third-order valence-electron chi connectivity index (χ3n) is 7.76. The number of hydrogen-bond acceptors (Lipinski definition) is 4. The maximum absolute atomic E-state index is 12.1. The Morgan fingerprint density at radius 3 is 2.14 bits per heavy atom. The molecule has 6 heteroatoms. The van der Waals surface area contributed by atoms with E-state index in [4.69, 9.17) is 9.47 Å². The number of benzene rings is 2. The lowest BCUT2D eigenvalue weighted by molar-refractivity contribution is -0.118. The average molecular weight is 477 g/mol. The van der Waals surface area contributed by atoms with Gasteiger partial charge in [0.1, 0.15) is 24.7 Å². The van der Waals surface area contributed by atoms with Gasteiger partial charge in [-0.3, -0.25) is 14.5 Å².